The number of alkyl halides is 3. The fourth-order valence-electron chi connectivity index (χ4n) is 3.17. The SMILES string of the molecule is CC(=O)Nc1ccc(Nc2cc(-c3cccc(OC(F)(F)F)c3)nc(NCCCN(C)C)n2)cc1. The molecule has 3 rings (SSSR count). The van der Waals surface area contributed by atoms with Gasteiger partial charge in [-0.25, -0.2) is 4.98 Å². The molecule has 1 heterocycles. The minimum atomic E-state index is -4.79. The zero-order chi connectivity index (χ0) is 25.4. The standard InChI is InChI=1S/C24H27F3N6O2/c1-16(34)29-18-8-10-19(11-9-18)30-22-15-21(31-23(32-22)28-12-5-13-33(2)3)17-6-4-7-20(14-17)35-24(25,26)27/h4,6-11,14-15H,5,12-13H2,1-3H3,(H,29,34)(H2,28,30,31,32). The van der Waals surface area contributed by atoms with Gasteiger partial charge in [0.2, 0.25) is 11.9 Å². The first-order valence-corrected chi connectivity index (χ1v) is 10.9. The minimum absolute atomic E-state index is 0.173. The first-order valence-electron chi connectivity index (χ1n) is 10.9. The lowest BCUT2D eigenvalue weighted by molar-refractivity contribution is -0.274. The molecule has 0 saturated carbocycles. The Bertz CT molecular complexity index is 1140. The van der Waals surface area contributed by atoms with Crippen LogP contribution < -0.4 is 20.7 Å². The number of halogens is 3. The highest BCUT2D eigenvalue weighted by Gasteiger charge is 2.31. The molecule has 0 aliphatic heterocycles. The molecule has 186 valence electrons. The highest BCUT2D eigenvalue weighted by Crippen LogP contribution is 2.29. The molecule has 0 bridgehead atoms. The van der Waals surface area contributed by atoms with E-state index in [0.717, 1.165) is 13.0 Å². The average molecular weight is 489 g/mol. The molecule has 2 aromatic carbocycles. The molecule has 0 aliphatic rings. The number of nitrogens with zero attached hydrogens (tertiary/aromatic N) is 3. The van der Waals surface area contributed by atoms with Gasteiger partial charge in [-0.2, -0.15) is 4.98 Å². The summed E-state index contributed by atoms with van der Waals surface area (Å²) in [6.07, 6.45) is -3.94. The summed E-state index contributed by atoms with van der Waals surface area (Å²) in [5, 5.41) is 9.04. The Morgan fingerprint density at radius 3 is 2.40 bits per heavy atom. The Hall–Kier alpha value is -3.86. The highest BCUT2D eigenvalue weighted by atomic mass is 19.4. The number of aromatic nitrogens is 2. The predicted molar refractivity (Wildman–Crippen MR) is 130 cm³/mol. The monoisotopic (exact) mass is 488 g/mol. The fourth-order valence-corrected chi connectivity index (χ4v) is 3.17. The van der Waals surface area contributed by atoms with Crippen LogP contribution in [0.15, 0.2) is 54.6 Å². The molecular formula is C24H27F3N6O2. The van der Waals surface area contributed by atoms with Crippen molar-refractivity contribution in [2.75, 3.05) is 43.1 Å². The highest BCUT2D eigenvalue weighted by molar-refractivity contribution is 5.88. The normalized spacial score (nSPS) is 11.3. The smallest absolute Gasteiger partial charge is 0.406 e. The van der Waals surface area contributed by atoms with E-state index in [1.54, 1.807) is 36.4 Å². The van der Waals surface area contributed by atoms with Crippen molar-refractivity contribution in [1.82, 2.24) is 14.9 Å². The number of hydrogen-bond donors (Lipinski definition) is 3. The van der Waals surface area contributed by atoms with Crippen LogP contribution in [0.2, 0.25) is 0 Å². The molecule has 1 amide bonds. The topological polar surface area (TPSA) is 91.4 Å². The lowest BCUT2D eigenvalue weighted by Crippen LogP contribution is -2.17. The van der Waals surface area contributed by atoms with Gasteiger partial charge in [0.05, 0.1) is 5.69 Å². The van der Waals surface area contributed by atoms with Crippen LogP contribution >= 0.6 is 0 Å². The van der Waals surface area contributed by atoms with Crippen LogP contribution in [-0.4, -0.2) is 54.3 Å². The average Bonchev–Trinajstić information content (AvgIpc) is 2.76. The quantitative estimate of drug-likeness (QED) is 0.342. The van der Waals surface area contributed by atoms with Crippen molar-refractivity contribution in [2.24, 2.45) is 0 Å². The Kier molecular flexibility index (Phi) is 8.48. The second-order valence-electron chi connectivity index (χ2n) is 8.00. The number of anilines is 4. The predicted octanol–water partition coefficient (Wildman–Crippen LogP) is 5.11. The number of ether oxygens (including phenoxy) is 1. The maximum absolute atomic E-state index is 12.7. The van der Waals surface area contributed by atoms with Crippen LogP contribution in [-0.2, 0) is 4.79 Å². The minimum Gasteiger partial charge on any atom is -0.406 e. The first kappa shape index (κ1) is 25.8. The Balaban J connectivity index is 1.87. The van der Waals surface area contributed by atoms with Gasteiger partial charge in [0.15, 0.2) is 0 Å². The van der Waals surface area contributed by atoms with Crippen LogP contribution in [0, 0.1) is 0 Å². The molecule has 3 aromatic rings. The molecule has 35 heavy (non-hydrogen) atoms. The van der Waals surface area contributed by atoms with E-state index in [4.69, 9.17) is 0 Å². The number of hydrogen-bond acceptors (Lipinski definition) is 7. The number of carbonyl (C=O) groups is 1. The number of benzene rings is 2. The molecule has 8 nitrogen and oxygen atoms in total. The van der Waals surface area contributed by atoms with E-state index in [9.17, 15) is 18.0 Å². The van der Waals surface area contributed by atoms with E-state index in [2.05, 4.69) is 35.6 Å². The van der Waals surface area contributed by atoms with Crippen LogP contribution in [0.4, 0.5) is 36.3 Å². The third kappa shape index (κ3) is 8.78. The molecule has 0 atom stereocenters. The summed E-state index contributed by atoms with van der Waals surface area (Å²) in [6, 6.07) is 14.3. The van der Waals surface area contributed by atoms with E-state index >= 15 is 0 Å². The molecule has 0 aliphatic carbocycles. The largest absolute Gasteiger partial charge is 0.573 e. The maximum atomic E-state index is 12.7. The molecular weight excluding hydrogens is 461 g/mol. The summed E-state index contributed by atoms with van der Waals surface area (Å²) in [4.78, 5) is 22.3. The van der Waals surface area contributed by atoms with E-state index in [1.165, 1.54) is 25.1 Å². The second kappa shape index (κ2) is 11.5. The number of rotatable bonds is 10. The Labute approximate surface area is 201 Å². The van der Waals surface area contributed by atoms with Gasteiger partial charge in [-0.15, -0.1) is 13.2 Å². The number of amides is 1. The van der Waals surface area contributed by atoms with Gasteiger partial charge in [0.1, 0.15) is 11.6 Å². The van der Waals surface area contributed by atoms with Crippen LogP contribution in [0.3, 0.4) is 0 Å². The van der Waals surface area contributed by atoms with Gasteiger partial charge in [0.25, 0.3) is 0 Å². The summed E-state index contributed by atoms with van der Waals surface area (Å²) >= 11 is 0. The lowest BCUT2D eigenvalue weighted by Gasteiger charge is -2.14. The van der Waals surface area contributed by atoms with Crippen molar-refractivity contribution in [3.05, 3.63) is 54.6 Å². The van der Waals surface area contributed by atoms with E-state index in [1.807, 2.05) is 14.1 Å². The molecule has 0 saturated heterocycles. The third-order valence-electron chi connectivity index (χ3n) is 4.63. The van der Waals surface area contributed by atoms with Gasteiger partial charge in [0, 0.05) is 36.5 Å². The van der Waals surface area contributed by atoms with Gasteiger partial charge in [-0.05, 0) is 63.5 Å². The van der Waals surface area contributed by atoms with Crippen molar-refractivity contribution in [3.63, 3.8) is 0 Å². The van der Waals surface area contributed by atoms with Gasteiger partial charge >= 0.3 is 6.36 Å². The summed E-state index contributed by atoms with van der Waals surface area (Å²) in [5.74, 6) is 0.269. The molecule has 0 unspecified atom stereocenters. The van der Waals surface area contributed by atoms with E-state index in [-0.39, 0.29) is 11.7 Å². The summed E-state index contributed by atoms with van der Waals surface area (Å²) < 4.78 is 42.1. The zero-order valence-corrected chi connectivity index (χ0v) is 19.6. The molecule has 0 spiro atoms. The molecule has 3 N–H and O–H groups in total. The van der Waals surface area contributed by atoms with Crippen molar-refractivity contribution in [3.8, 4) is 17.0 Å². The van der Waals surface area contributed by atoms with Gasteiger partial charge in [-0.3, -0.25) is 4.79 Å². The number of nitrogens with one attached hydrogen (secondary N) is 3. The second-order valence-corrected chi connectivity index (χ2v) is 8.00. The van der Waals surface area contributed by atoms with Gasteiger partial charge < -0.3 is 25.6 Å². The Morgan fingerprint density at radius 1 is 1.03 bits per heavy atom. The molecule has 1 aromatic heterocycles. The van der Waals surface area contributed by atoms with Crippen molar-refractivity contribution in [2.45, 2.75) is 19.7 Å². The summed E-state index contributed by atoms with van der Waals surface area (Å²) in [6.45, 7) is 2.91. The molecule has 11 heteroatoms. The summed E-state index contributed by atoms with van der Waals surface area (Å²) in [5.41, 5.74) is 2.21. The van der Waals surface area contributed by atoms with Crippen LogP contribution in [0.25, 0.3) is 11.3 Å². The Morgan fingerprint density at radius 2 is 1.74 bits per heavy atom. The maximum Gasteiger partial charge on any atom is 0.573 e. The van der Waals surface area contributed by atoms with E-state index < -0.39 is 6.36 Å². The first-order chi connectivity index (χ1) is 16.6. The van der Waals surface area contributed by atoms with Crippen molar-refractivity contribution >= 4 is 29.0 Å². The molecule has 0 fully saturated rings. The van der Waals surface area contributed by atoms with Crippen molar-refractivity contribution < 1.29 is 22.7 Å². The van der Waals surface area contributed by atoms with Crippen molar-refractivity contribution in [1.29, 1.82) is 0 Å². The van der Waals surface area contributed by atoms with Crippen LogP contribution in [0.5, 0.6) is 5.75 Å². The zero-order valence-electron chi connectivity index (χ0n) is 19.6. The number of carbonyl (C=O) groups excluding carboxylic acids is 1. The fraction of sp³-hybridized carbons (Fsp3) is 0.292. The van der Waals surface area contributed by atoms with Gasteiger partial charge in [-0.1, -0.05) is 12.1 Å². The van der Waals surface area contributed by atoms with Crippen LogP contribution in [0.1, 0.15) is 13.3 Å². The van der Waals surface area contributed by atoms with E-state index in [0.29, 0.717) is 40.9 Å². The molecule has 0 radical (unpaired) electrons. The lowest BCUT2D eigenvalue weighted by atomic mass is 10.1. The third-order valence-corrected chi connectivity index (χ3v) is 4.63. The summed E-state index contributed by atoms with van der Waals surface area (Å²) in [7, 11) is 3.96.